The maximum absolute atomic E-state index is 6.30. The number of pyridine rings is 1. The van der Waals surface area contributed by atoms with Crippen LogP contribution in [0.15, 0.2) is 150 Å². The van der Waals surface area contributed by atoms with Crippen molar-refractivity contribution in [2.45, 2.75) is 0 Å². The monoisotopic (exact) mass is 576 g/mol. The van der Waals surface area contributed by atoms with Crippen LogP contribution < -0.4 is 0 Å². The van der Waals surface area contributed by atoms with Crippen LogP contribution in [-0.4, -0.2) is 19.9 Å². The molecule has 0 spiro atoms. The van der Waals surface area contributed by atoms with Crippen LogP contribution >= 0.6 is 0 Å². The molecule has 0 radical (unpaired) electrons. The summed E-state index contributed by atoms with van der Waals surface area (Å²) < 4.78 is 6.30. The summed E-state index contributed by atoms with van der Waals surface area (Å²) in [4.78, 5) is 19.5. The molecule has 9 aromatic rings. The summed E-state index contributed by atoms with van der Waals surface area (Å²) in [5.74, 6) is 1.91. The fourth-order valence-electron chi connectivity index (χ4n) is 6.27. The van der Waals surface area contributed by atoms with Crippen LogP contribution in [0.5, 0.6) is 0 Å². The number of furan rings is 1. The van der Waals surface area contributed by atoms with Gasteiger partial charge >= 0.3 is 0 Å². The van der Waals surface area contributed by atoms with Gasteiger partial charge in [0.2, 0.25) is 5.71 Å². The summed E-state index contributed by atoms with van der Waals surface area (Å²) in [7, 11) is 0. The lowest BCUT2D eigenvalue weighted by atomic mass is 9.93. The van der Waals surface area contributed by atoms with Crippen LogP contribution in [0.25, 0.3) is 88.9 Å². The number of fused-ring (bicyclic) bond motifs is 5. The Bertz CT molecular complexity index is 2480. The highest BCUT2D eigenvalue weighted by atomic mass is 16.3. The molecule has 0 saturated carbocycles. The molecule has 0 bridgehead atoms. The molecule has 0 unspecified atom stereocenters. The molecule has 5 nitrogen and oxygen atoms in total. The van der Waals surface area contributed by atoms with E-state index in [-0.39, 0.29) is 0 Å². The number of benzene rings is 6. The van der Waals surface area contributed by atoms with Crippen molar-refractivity contribution in [3.8, 4) is 45.3 Å². The van der Waals surface area contributed by atoms with E-state index in [4.69, 9.17) is 19.4 Å². The molecule has 0 saturated heterocycles. The first-order chi connectivity index (χ1) is 22.3. The molecule has 45 heavy (non-hydrogen) atoms. The largest absolute Gasteiger partial charge is 0.438 e. The van der Waals surface area contributed by atoms with E-state index in [1.54, 1.807) is 0 Å². The van der Waals surface area contributed by atoms with Crippen molar-refractivity contribution < 1.29 is 4.42 Å². The van der Waals surface area contributed by atoms with Crippen molar-refractivity contribution in [1.82, 2.24) is 19.9 Å². The molecule has 210 valence electrons. The Morgan fingerprint density at radius 3 is 1.67 bits per heavy atom. The maximum Gasteiger partial charge on any atom is 0.227 e. The predicted molar refractivity (Wildman–Crippen MR) is 182 cm³/mol. The molecule has 6 aromatic carbocycles. The van der Waals surface area contributed by atoms with E-state index in [1.165, 1.54) is 5.39 Å². The summed E-state index contributed by atoms with van der Waals surface area (Å²) in [6, 6.07) is 47.6. The molecule has 0 N–H and O–H groups in total. The van der Waals surface area contributed by atoms with Gasteiger partial charge < -0.3 is 4.42 Å². The SMILES string of the molecule is c1ccc(-c2nc(-c3ccccc3)nc(-c3ccc(-c4ccnc5oc6cc7ccccc7cc6c45)c4ccccc34)n2)cc1. The van der Waals surface area contributed by atoms with Gasteiger partial charge in [-0.2, -0.15) is 0 Å². The van der Waals surface area contributed by atoms with E-state index in [9.17, 15) is 0 Å². The summed E-state index contributed by atoms with van der Waals surface area (Å²) in [5, 5.41) is 6.53. The van der Waals surface area contributed by atoms with Crippen molar-refractivity contribution in [2.75, 3.05) is 0 Å². The summed E-state index contributed by atoms with van der Waals surface area (Å²) in [5.41, 5.74) is 6.45. The minimum Gasteiger partial charge on any atom is -0.438 e. The Balaban J connectivity index is 1.28. The van der Waals surface area contributed by atoms with Crippen LogP contribution in [0.3, 0.4) is 0 Å². The highest BCUT2D eigenvalue weighted by Crippen LogP contribution is 2.41. The molecular formula is C40H24N4O. The summed E-state index contributed by atoms with van der Waals surface area (Å²) in [6.07, 6.45) is 1.83. The second kappa shape index (κ2) is 10.2. The standard InChI is InChI=1S/C40H24N4O/c1-3-11-25(12-4-1)37-42-38(26-13-5-2-6-14-26)44-39(43-37)33-20-19-31(29-17-9-10-18-30(29)33)32-21-22-41-40-36(32)34-23-27-15-7-8-16-28(27)24-35(34)45-40/h1-24H. The number of hydrogen-bond acceptors (Lipinski definition) is 5. The van der Waals surface area contributed by atoms with Crippen molar-refractivity contribution in [1.29, 1.82) is 0 Å². The molecule has 5 heteroatoms. The first-order valence-corrected chi connectivity index (χ1v) is 14.9. The Hall–Kier alpha value is -6.20. The first kappa shape index (κ1) is 25.3. The summed E-state index contributed by atoms with van der Waals surface area (Å²) in [6.45, 7) is 0. The lowest BCUT2D eigenvalue weighted by molar-refractivity contribution is 0.654. The Morgan fingerprint density at radius 2 is 0.978 bits per heavy atom. The van der Waals surface area contributed by atoms with E-state index in [2.05, 4.69) is 77.8 Å². The van der Waals surface area contributed by atoms with Gasteiger partial charge in [0.25, 0.3) is 0 Å². The smallest absolute Gasteiger partial charge is 0.227 e. The Kier molecular flexibility index (Phi) is 5.74. The van der Waals surface area contributed by atoms with Gasteiger partial charge in [0.15, 0.2) is 17.5 Å². The average molecular weight is 577 g/mol. The molecule has 0 aliphatic rings. The van der Waals surface area contributed by atoms with Crippen molar-refractivity contribution in [3.05, 3.63) is 146 Å². The topological polar surface area (TPSA) is 64.7 Å². The van der Waals surface area contributed by atoms with Gasteiger partial charge in [-0.15, -0.1) is 0 Å². The zero-order valence-corrected chi connectivity index (χ0v) is 24.1. The zero-order chi connectivity index (χ0) is 29.7. The minimum absolute atomic E-state index is 0.628. The molecular weight excluding hydrogens is 552 g/mol. The van der Waals surface area contributed by atoms with E-state index in [0.717, 1.165) is 60.3 Å². The number of hydrogen-bond donors (Lipinski definition) is 0. The van der Waals surface area contributed by atoms with Crippen LogP contribution in [0, 0.1) is 0 Å². The van der Waals surface area contributed by atoms with Crippen molar-refractivity contribution in [2.24, 2.45) is 0 Å². The van der Waals surface area contributed by atoms with E-state index in [0.29, 0.717) is 23.2 Å². The van der Waals surface area contributed by atoms with Crippen LogP contribution in [0.2, 0.25) is 0 Å². The molecule has 3 heterocycles. The van der Waals surface area contributed by atoms with Crippen LogP contribution in [0.4, 0.5) is 0 Å². The third-order valence-electron chi connectivity index (χ3n) is 8.39. The second-order valence-corrected chi connectivity index (χ2v) is 11.1. The fourth-order valence-corrected chi connectivity index (χ4v) is 6.27. The second-order valence-electron chi connectivity index (χ2n) is 11.1. The van der Waals surface area contributed by atoms with E-state index >= 15 is 0 Å². The maximum atomic E-state index is 6.30. The molecule has 0 aliphatic heterocycles. The molecule has 0 amide bonds. The van der Waals surface area contributed by atoms with Crippen LogP contribution in [0.1, 0.15) is 0 Å². The quantitative estimate of drug-likeness (QED) is 0.209. The third-order valence-corrected chi connectivity index (χ3v) is 8.39. The van der Waals surface area contributed by atoms with Gasteiger partial charge in [-0.25, -0.2) is 19.9 Å². The molecule has 3 aromatic heterocycles. The third kappa shape index (κ3) is 4.25. The summed E-state index contributed by atoms with van der Waals surface area (Å²) >= 11 is 0. The van der Waals surface area contributed by atoms with Gasteiger partial charge in [-0.1, -0.05) is 115 Å². The molecule has 0 fully saturated rings. The van der Waals surface area contributed by atoms with Gasteiger partial charge in [-0.05, 0) is 56.9 Å². The molecule has 0 atom stereocenters. The van der Waals surface area contributed by atoms with Gasteiger partial charge in [-0.3, -0.25) is 0 Å². The number of aromatic nitrogens is 4. The predicted octanol–water partition coefficient (Wildman–Crippen LogP) is 10.1. The van der Waals surface area contributed by atoms with Gasteiger partial charge in [0.1, 0.15) is 5.58 Å². The first-order valence-electron chi connectivity index (χ1n) is 14.9. The average Bonchev–Trinajstić information content (AvgIpc) is 3.48. The zero-order valence-electron chi connectivity index (χ0n) is 24.1. The molecule has 0 aliphatic carbocycles. The fraction of sp³-hybridized carbons (Fsp3) is 0. The molecule has 9 rings (SSSR count). The lowest BCUT2D eigenvalue weighted by Gasteiger charge is -2.13. The van der Waals surface area contributed by atoms with Crippen molar-refractivity contribution >= 4 is 43.6 Å². The minimum atomic E-state index is 0.628. The highest BCUT2D eigenvalue weighted by molar-refractivity contribution is 6.17. The Labute approximate surface area is 258 Å². The number of rotatable bonds is 4. The highest BCUT2D eigenvalue weighted by Gasteiger charge is 2.19. The van der Waals surface area contributed by atoms with Crippen molar-refractivity contribution in [3.63, 3.8) is 0 Å². The lowest BCUT2D eigenvalue weighted by Crippen LogP contribution is -2.00. The van der Waals surface area contributed by atoms with Gasteiger partial charge in [0, 0.05) is 28.3 Å². The van der Waals surface area contributed by atoms with E-state index < -0.39 is 0 Å². The Morgan fingerprint density at radius 1 is 0.422 bits per heavy atom. The number of nitrogens with zero attached hydrogens (tertiary/aromatic N) is 4. The normalized spacial score (nSPS) is 11.6. The van der Waals surface area contributed by atoms with Gasteiger partial charge in [0.05, 0.1) is 5.39 Å². The van der Waals surface area contributed by atoms with Crippen LogP contribution in [-0.2, 0) is 0 Å². The van der Waals surface area contributed by atoms with E-state index in [1.807, 2.05) is 72.9 Å².